The third kappa shape index (κ3) is 4.42. The SMILES string of the molecule is Cc1cc(C#N)cc(NCCCC(C)C(=O)O)n1. The van der Waals surface area contributed by atoms with E-state index in [0.29, 0.717) is 24.3 Å². The molecule has 0 aliphatic heterocycles. The largest absolute Gasteiger partial charge is 0.481 e. The first-order valence-electron chi connectivity index (χ1n) is 5.88. The lowest BCUT2D eigenvalue weighted by molar-refractivity contribution is -0.141. The molecule has 5 heteroatoms. The van der Waals surface area contributed by atoms with E-state index in [0.717, 1.165) is 12.1 Å². The minimum atomic E-state index is -0.768. The van der Waals surface area contributed by atoms with Crippen LogP contribution in [0.5, 0.6) is 0 Å². The Bertz CT molecular complexity index is 466. The number of aromatic nitrogens is 1. The number of aliphatic carboxylic acids is 1. The van der Waals surface area contributed by atoms with Gasteiger partial charge >= 0.3 is 5.97 Å². The summed E-state index contributed by atoms with van der Waals surface area (Å²) < 4.78 is 0. The molecule has 0 aliphatic carbocycles. The van der Waals surface area contributed by atoms with Crippen LogP contribution in [0, 0.1) is 24.2 Å². The molecule has 5 nitrogen and oxygen atoms in total. The van der Waals surface area contributed by atoms with E-state index < -0.39 is 5.97 Å². The number of aryl methyl sites for hydroxylation is 1. The average molecular weight is 247 g/mol. The van der Waals surface area contributed by atoms with Crippen LogP contribution < -0.4 is 5.32 Å². The summed E-state index contributed by atoms with van der Waals surface area (Å²) in [6.07, 6.45) is 1.38. The summed E-state index contributed by atoms with van der Waals surface area (Å²) in [6.45, 7) is 4.18. The van der Waals surface area contributed by atoms with Crippen molar-refractivity contribution in [2.24, 2.45) is 5.92 Å². The molecule has 0 radical (unpaired) electrons. The maximum absolute atomic E-state index is 10.6. The number of nitrogens with one attached hydrogen (secondary N) is 1. The molecule has 0 amide bonds. The van der Waals surface area contributed by atoms with Gasteiger partial charge in [-0.2, -0.15) is 5.26 Å². The van der Waals surface area contributed by atoms with E-state index in [9.17, 15) is 4.79 Å². The number of hydrogen-bond acceptors (Lipinski definition) is 4. The lowest BCUT2D eigenvalue weighted by Gasteiger charge is -2.08. The van der Waals surface area contributed by atoms with Gasteiger partial charge in [-0.15, -0.1) is 0 Å². The summed E-state index contributed by atoms with van der Waals surface area (Å²) in [6, 6.07) is 5.48. The Labute approximate surface area is 106 Å². The monoisotopic (exact) mass is 247 g/mol. The smallest absolute Gasteiger partial charge is 0.306 e. The van der Waals surface area contributed by atoms with Crippen LogP contribution in [0.2, 0.25) is 0 Å². The summed E-state index contributed by atoms with van der Waals surface area (Å²) in [5.74, 6) is -0.433. The molecule has 1 rings (SSSR count). The molecule has 0 fully saturated rings. The van der Waals surface area contributed by atoms with Gasteiger partial charge in [0, 0.05) is 12.2 Å². The fraction of sp³-hybridized carbons (Fsp3) is 0.462. The predicted octanol–water partition coefficient (Wildman–Crippen LogP) is 2.17. The zero-order chi connectivity index (χ0) is 13.5. The van der Waals surface area contributed by atoms with Gasteiger partial charge in [0.05, 0.1) is 17.6 Å². The summed E-state index contributed by atoms with van der Waals surface area (Å²) >= 11 is 0. The van der Waals surface area contributed by atoms with Crippen molar-refractivity contribution in [1.29, 1.82) is 5.26 Å². The second-order valence-corrected chi connectivity index (χ2v) is 4.30. The number of carbonyl (C=O) groups is 1. The highest BCUT2D eigenvalue weighted by molar-refractivity contribution is 5.69. The molecule has 96 valence electrons. The van der Waals surface area contributed by atoms with Crippen molar-refractivity contribution in [2.75, 3.05) is 11.9 Å². The van der Waals surface area contributed by atoms with Crippen LogP contribution in [0.3, 0.4) is 0 Å². The Balaban J connectivity index is 2.42. The number of nitriles is 1. The van der Waals surface area contributed by atoms with Gasteiger partial charge in [-0.25, -0.2) is 4.98 Å². The van der Waals surface area contributed by atoms with Gasteiger partial charge in [0.1, 0.15) is 5.82 Å². The standard InChI is InChI=1S/C13H17N3O2/c1-9(13(17)18)4-3-5-15-12-7-11(8-14)6-10(2)16-12/h6-7,9H,3-5H2,1-2H3,(H,15,16)(H,17,18). The van der Waals surface area contributed by atoms with E-state index in [2.05, 4.69) is 16.4 Å². The van der Waals surface area contributed by atoms with Crippen LogP contribution in [-0.4, -0.2) is 22.6 Å². The fourth-order valence-corrected chi connectivity index (χ4v) is 1.57. The van der Waals surface area contributed by atoms with Crippen LogP contribution in [0.1, 0.15) is 31.0 Å². The first-order valence-corrected chi connectivity index (χ1v) is 5.88. The molecular weight excluding hydrogens is 230 g/mol. The summed E-state index contributed by atoms with van der Waals surface area (Å²) in [4.78, 5) is 14.9. The molecule has 0 bridgehead atoms. The first kappa shape index (κ1) is 14.0. The Morgan fingerprint density at radius 3 is 2.94 bits per heavy atom. The first-order chi connectivity index (χ1) is 8.52. The molecule has 0 saturated heterocycles. The van der Waals surface area contributed by atoms with Gasteiger partial charge in [-0.05, 0) is 31.9 Å². The third-order valence-corrected chi connectivity index (χ3v) is 2.62. The van der Waals surface area contributed by atoms with Crippen LogP contribution >= 0.6 is 0 Å². The minimum absolute atomic E-state index is 0.327. The molecule has 0 saturated carbocycles. The molecular formula is C13H17N3O2. The molecule has 18 heavy (non-hydrogen) atoms. The number of anilines is 1. The molecule has 1 unspecified atom stereocenters. The average Bonchev–Trinajstić information content (AvgIpc) is 2.33. The van der Waals surface area contributed by atoms with E-state index in [1.807, 2.05) is 6.92 Å². The van der Waals surface area contributed by atoms with E-state index in [4.69, 9.17) is 10.4 Å². The highest BCUT2D eigenvalue weighted by Gasteiger charge is 2.09. The maximum Gasteiger partial charge on any atom is 0.306 e. The Kier molecular flexibility index (Phi) is 5.12. The van der Waals surface area contributed by atoms with Crippen molar-refractivity contribution in [3.63, 3.8) is 0 Å². The molecule has 1 aromatic heterocycles. The van der Waals surface area contributed by atoms with Gasteiger partial charge in [0.15, 0.2) is 0 Å². The zero-order valence-corrected chi connectivity index (χ0v) is 10.6. The highest BCUT2D eigenvalue weighted by atomic mass is 16.4. The minimum Gasteiger partial charge on any atom is -0.481 e. The lowest BCUT2D eigenvalue weighted by atomic mass is 10.1. The summed E-state index contributed by atoms with van der Waals surface area (Å²) in [5.41, 5.74) is 1.36. The predicted molar refractivity (Wildman–Crippen MR) is 68.2 cm³/mol. The molecule has 0 spiro atoms. The van der Waals surface area contributed by atoms with Gasteiger partial charge in [-0.1, -0.05) is 6.92 Å². The Morgan fingerprint density at radius 1 is 1.61 bits per heavy atom. The molecule has 2 N–H and O–H groups in total. The number of pyridine rings is 1. The lowest BCUT2D eigenvalue weighted by Crippen LogP contribution is -2.12. The maximum atomic E-state index is 10.6. The number of hydrogen-bond donors (Lipinski definition) is 2. The van der Waals surface area contributed by atoms with Crippen molar-refractivity contribution in [3.8, 4) is 6.07 Å². The van der Waals surface area contributed by atoms with E-state index >= 15 is 0 Å². The molecule has 0 aliphatic rings. The normalized spacial score (nSPS) is 11.6. The topological polar surface area (TPSA) is 86.0 Å². The number of nitrogens with zero attached hydrogens (tertiary/aromatic N) is 2. The molecule has 1 atom stereocenters. The van der Waals surface area contributed by atoms with Gasteiger partial charge in [0.2, 0.25) is 0 Å². The van der Waals surface area contributed by atoms with E-state index in [1.165, 1.54) is 0 Å². The molecule has 1 aromatic rings. The molecule has 1 heterocycles. The molecule has 0 aromatic carbocycles. The van der Waals surface area contributed by atoms with E-state index in [-0.39, 0.29) is 5.92 Å². The number of carboxylic acid groups (broad SMARTS) is 1. The van der Waals surface area contributed by atoms with Crippen LogP contribution in [0.25, 0.3) is 0 Å². The van der Waals surface area contributed by atoms with Crippen molar-refractivity contribution < 1.29 is 9.90 Å². The van der Waals surface area contributed by atoms with Crippen molar-refractivity contribution in [1.82, 2.24) is 4.98 Å². The summed E-state index contributed by atoms with van der Waals surface area (Å²) in [7, 11) is 0. The van der Waals surface area contributed by atoms with Crippen LogP contribution in [0.15, 0.2) is 12.1 Å². The van der Waals surface area contributed by atoms with Crippen LogP contribution in [-0.2, 0) is 4.79 Å². The van der Waals surface area contributed by atoms with Crippen LogP contribution in [0.4, 0.5) is 5.82 Å². The summed E-state index contributed by atoms with van der Waals surface area (Å²) in [5, 5.41) is 20.7. The second-order valence-electron chi connectivity index (χ2n) is 4.30. The quantitative estimate of drug-likeness (QED) is 0.752. The van der Waals surface area contributed by atoms with E-state index in [1.54, 1.807) is 19.1 Å². The van der Waals surface area contributed by atoms with Crippen molar-refractivity contribution >= 4 is 11.8 Å². The zero-order valence-electron chi connectivity index (χ0n) is 10.6. The van der Waals surface area contributed by atoms with Crippen molar-refractivity contribution in [2.45, 2.75) is 26.7 Å². The highest BCUT2D eigenvalue weighted by Crippen LogP contribution is 2.10. The van der Waals surface area contributed by atoms with Gasteiger partial charge in [0.25, 0.3) is 0 Å². The second kappa shape index (κ2) is 6.60. The Hall–Kier alpha value is -2.09. The number of rotatable bonds is 6. The number of carboxylic acids is 1. The Morgan fingerprint density at radius 2 is 2.33 bits per heavy atom. The van der Waals surface area contributed by atoms with Crippen molar-refractivity contribution in [3.05, 3.63) is 23.4 Å². The van der Waals surface area contributed by atoms with Gasteiger partial charge < -0.3 is 10.4 Å². The third-order valence-electron chi connectivity index (χ3n) is 2.62. The fourth-order valence-electron chi connectivity index (χ4n) is 1.57. The van der Waals surface area contributed by atoms with Gasteiger partial charge in [-0.3, -0.25) is 4.79 Å².